The van der Waals surface area contributed by atoms with Crippen LogP contribution in [0, 0.1) is 0 Å². The molecule has 28 heavy (non-hydrogen) atoms. The van der Waals surface area contributed by atoms with E-state index in [2.05, 4.69) is 23.8 Å². The Balaban J connectivity index is 0.00000196. The molecule has 2 aromatic rings. The van der Waals surface area contributed by atoms with E-state index in [1.54, 1.807) is 0 Å². The molecule has 144 valence electrons. The number of aliphatic hydroxyl groups excluding tert-OH is 1. The smallest absolute Gasteiger partial charge is 0.789 e. The van der Waals surface area contributed by atoms with Crippen LogP contribution in [0.1, 0.15) is 12.6 Å². The maximum Gasteiger partial charge on any atom is 1.00 e. The number of anilines is 1. The van der Waals surface area contributed by atoms with Crippen molar-refractivity contribution in [2.24, 2.45) is 0 Å². The van der Waals surface area contributed by atoms with Gasteiger partial charge in [0.15, 0.2) is 11.5 Å². The molecule has 0 bridgehead atoms. The molecule has 2 aromatic heterocycles. The van der Waals surface area contributed by atoms with E-state index in [0.717, 1.165) is 0 Å². The Labute approximate surface area is 202 Å². The fourth-order valence-electron chi connectivity index (χ4n) is 2.43. The fourth-order valence-corrected chi connectivity index (χ4v) is 3.97. The Morgan fingerprint density at radius 2 is 2.00 bits per heavy atom. The minimum absolute atomic E-state index is 0. The van der Waals surface area contributed by atoms with Crippen LogP contribution < -0.4 is 74.6 Å². The molecule has 1 aliphatic heterocycles. The topological polar surface area (TPSA) is 218 Å². The first-order valence-electron chi connectivity index (χ1n) is 7.03. The summed E-state index contributed by atoms with van der Waals surface area (Å²) in [6.07, 6.45) is -0.308. The first kappa shape index (κ1) is 26.6. The quantitative estimate of drug-likeness (QED) is 0.273. The summed E-state index contributed by atoms with van der Waals surface area (Å²) >= 11 is 0. The van der Waals surface area contributed by atoms with Gasteiger partial charge in [0, 0.05) is 6.42 Å². The molecule has 0 spiro atoms. The predicted octanol–water partition coefficient (Wildman–Crippen LogP) is -7.97. The van der Waals surface area contributed by atoms with Gasteiger partial charge in [-0.3, -0.25) is 13.4 Å². The van der Waals surface area contributed by atoms with Gasteiger partial charge in [0.05, 0.1) is 26.9 Å². The van der Waals surface area contributed by atoms with E-state index in [9.17, 15) is 28.9 Å². The molecule has 4 N–H and O–H groups in total. The number of phosphoric ester groups is 1. The molecule has 4 atom stereocenters. The van der Waals surface area contributed by atoms with Crippen molar-refractivity contribution in [1.29, 1.82) is 0 Å². The fraction of sp³-hybridized carbons (Fsp3) is 0.500. The third kappa shape index (κ3) is 6.51. The zero-order valence-electron chi connectivity index (χ0n) is 14.8. The molecule has 1 aliphatic rings. The third-order valence-electron chi connectivity index (χ3n) is 3.51. The molecule has 3 rings (SSSR count). The maximum atomic E-state index is 11.4. The number of aromatic nitrogens is 4. The summed E-state index contributed by atoms with van der Waals surface area (Å²) in [5, 5.41) is 10.0. The number of nitrogens with zero attached hydrogens (tertiary/aromatic N) is 4. The molecule has 3 heterocycles. The molecule has 1 fully saturated rings. The molecule has 14 nitrogen and oxygen atoms in total. The van der Waals surface area contributed by atoms with E-state index in [1.165, 1.54) is 17.2 Å². The van der Waals surface area contributed by atoms with E-state index >= 15 is 0 Å². The van der Waals surface area contributed by atoms with Gasteiger partial charge in [-0.05, 0) is 0 Å². The third-order valence-corrected chi connectivity index (χ3v) is 5.61. The van der Waals surface area contributed by atoms with Crippen molar-refractivity contribution in [2.45, 2.75) is 24.9 Å². The Kier molecular flexibility index (Phi) is 9.70. The van der Waals surface area contributed by atoms with Crippen LogP contribution in [0.2, 0.25) is 0 Å². The van der Waals surface area contributed by atoms with Crippen LogP contribution in [0.5, 0.6) is 0 Å². The molecule has 0 aliphatic carbocycles. The van der Waals surface area contributed by atoms with Crippen molar-refractivity contribution in [2.75, 3.05) is 12.3 Å². The Hall–Kier alpha value is 0.530. The van der Waals surface area contributed by atoms with Crippen LogP contribution in [0.15, 0.2) is 12.7 Å². The van der Waals surface area contributed by atoms with Crippen LogP contribution >= 0.6 is 15.6 Å². The van der Waals surface area contributed by atoms with Gasteiger partial charge in [0.1, 0.15) is 24.2 Å². The van der Waals surface area contributed by atoms with Gasteiger partial charge in [0.25, 0.3) is 0 Å². The van der Waals surface area contributed by atoms with Gasteiger partial charge < -0.3 is 34.8 Å². The summed E-state index contributed by atoms with van der Waals surface area (Å²) in [5.74, 6) is 0.158. The molecule has 18 heteroatoms. The number of rotatable bonds is 6. The van der Waals surface area contributed by atoms with Gasteiger partial charge in [0.2, 0.25) is 0 Å². The average Bonchev–Trinajstić information content (AvgIpc) is 3.07. The number of aliphatic hydroxyl groups is 1. The van der Waals surface area contributed by atoms with Crippen LogP contribution in [0.25, 0.3) is 11.2 Å². The first-order valence-corrected chi connectivity index (χ1v) is 9.98. The van der Waals surface area contributed by atoms with E-state index in [0.29, 0.717) is 11.2 Å². The number of ether oxygens (including phenoxy) is 1. The van der Waals surface area contributed by atoms with E-state index in [4.69, 9.17) is 10.5 Å². The summed E-state index contributed by atoms with van der Waals surface area (Å²) in [5.41, 5.74) is 6.37. The molecule has 0 radical (unpaired) electrons. The van der Waals surface area contributed by atoms with Crippen LogP contribution in [0.4, 0.5) is 5.82 Å². The number of nitrogen functional groups attached to an aromatic ring is 1. The van der Waals surface area contributed by atoms with Crippen molar-refractivity contribution in [3.8, 4) is 0 Å². The molecule has 0 amide bonds. The largest absolute Gasteiger partial charge is 1.00 e. The normalized spacial score (nSPS) is 24.4. The van der Waals surface area contributed by atoms with E-state index in [-0.39, 0.29) is 71.4 Å². The van der Waals surface area contributed by atoms with Crippen LogP contribution in [-0.2, 0) is 22.7 Å². The van der Waals surface area contributed by atoms with Crippen molar-refractivity contribution in [1.82, 2.24) is 19.5 Å². The number of phosphoric acid groups is 2. The second-order valence-corrected chi connectivity index (χ2v) is 8.05. The molecule has 0 saturated carbocycles. The van der Waals surface area contributed by atoms with Gasteiger partial charge in [-0.2, -0.15) is 0 Å². The Morgan fingerprint density at radius 3 is 2.64 bits per heavy atom. The van der Waals surface area contributed by atoms with Gasteiger partial charge in [-0.1, -0.05) is 0 Å². The van der Waals surface area contributed by atoms with Crippen molar-refractivity contribution >= 4 is 32.6 Å². The second-order valence-electron chi connectivity index (χ2n) is 5.31. The number of nitrogens with two attached hydrogens (primary N) is 1. The number of hydrogen-bond donors (Lipinski definition) is 3. The molecular weight excluding hydrogens is 442 g/mol. The van der Waals surface area contributed by atoms with Gasteiger partial charge in [-0.15, -0.1) is 0 Å². The second kappa shape index (κ2) is 10.2. The summed E-state index contributed by atoms with van der Waals surface area (Å²) in [6, 6.07) is 0. The van der Waals surface area contributed by atoms with Crippen molar-refractivity contribution in [3.63, 3.8) is 0 Å². The van der Waals surface area contributed by atoms with Crippen LogP contribution in [-0.4, -0.2) is 48.3 Å². The number of fused-ring (bicyclic) bond motifs is 1. The van der Waals surface area contributed by atoms with Crippen molar-refractivity contribution < 1.29 is 102 Å². The monoisotopic (exact) mass is 455 g/mol. The Morgan fingerprint density at radius 1 is 1.32 bits per heavy atom. The number of imidazole rings is 1. The van der Waals surface area contributed by atoms with Crippen molar-refractivity contribution in [3.05, 3.63) is 12.7 Å². The SMILES string of the molecule is Nc1ncnc2c1ncn2[C@H]1C[C@H](O)[C@@H](COP(=O)(O)OP(=O)([O-])[O-])O1.[Na+].[Na+]. The summed E-state index contributed by atoms with van der Waals surface area (Å²) in [7, 11) is -10.9. The maximum absolute atomic E-state index is 11.4. The molecule has 1 saturated heterocycles. The first-order chi connectivity index (χ1) is 12.1. The standard InChI is InChI=1S/C10H15N5O9P2.2Na/c11-9-8-10(13-3-12-9)15(4-14-8)7-1-5(16)6(23-7)2-22-26(20,21)24-25(17,18)19;;/h3-7,16H,1-2H2,(H,20,21)(H2,11,12,13)(H2,17,18,19);;/q;2*+1/p-2/t5-,6+,7+;;/m0../s1. The minimum Gasteiger partial charge on any atom is -0.789 e. The molecule has 0 aromatic carbocycles. The van der Waals surface area contributed by atoms with E-state index in [1.807, 2.05) is 0 Å². The molecular formula is C10H13N5Na2O9P2. The zero-order chi connectivity index (χ0) is 19.1. The average molecular weight is 455 g/mol. The summed E-state index contributed by atoms with van der Waals surface area (Å²) < 4.78 is 36.6. The number of hydrogen-bond acceptors (Lipinski definition) is 12. The zero-order valence-corrected chi connectivity index (χ0v) is 20.6. The van der Waals surface area contributed by atoms with E-state index < -0.39 is 40.7 Å². The Bertz CT molecular complexity index is 911. The van der Waals surface area contributed by atoms with Gasteiger partial charge in [-0.25, -0.2) is 19.5 Å². The minimum atomic E-state index is -5.73. The van der Waals surface area contributed by atoms with Crippen LogP contribution in [0.3, 0.4) is 0 Å². The van der Waals surface area contributed by atoms with Gasteiger partial charge >= 0.3 is 66.9 Å². The predicted molar refractivity (Wildman–Crippen MR) is 78.7 cm³/mol. The summed E-state index contributed by atoms with van der Waals surface area (Å²) in [4.78, 5) is 41.8. The summed E-state index contributed by atoms with van der Waals surface area (Å²) in [6.45, 7) is -0.699. The molecule has 1 unspecified atom stereocenters.